The molecule has 190 valence electrons. The van der Waals surface area contributed by atoms with E-state index in [-0.39, 0.29) is 16.1 Å². The number of hydrogen-bond donors (Lipinski definition) is 1. The van der Waals surface area contributed by atoms with Crippen molar-refractivity contribution in [2.75, 3.05) is 6.61 Å². The first kappa shape index (κ1) is 26.7. The smallest absolute Gasteiger partial charge is 0.438 e. The van der Waals surface area contributed by atoms with Crippen LogP contribution >= 0.6 is 0 Å². The van der Waals surface area contributed by atoms with Gasteiger partial charge in [0, 0.05) is 17.5 Å². The number of amides is 1. The molecule has 1 aliphatic rings. The largest absolute Gasteiger partial charge is 0.484 e. The van der Waals surface area contributed by atoms with Gasteiger partial charge in [0.1, 0.15) is 5.75 Å². The Labute approximate surface area is 204 Å². The summed E-state index contributed by atoms with van der Waals surface area (Å²) in [5.74, 6) is -0.716. The van der Waals surface area contributed by atoms with E-state index in [0.29, 0.717) is 18.6 Å². The maximum Gasteiger partial charge on any atom is 0.438 e. The van der Waals surface area contributed by atoms with Crippen LogP contribution in [-0.4, -0.2) is 40.2 Å². The molecule has 1 heterocycles. The fraction of sp³-hybridized carbons (Fsp3) is 0.481. The minimum absolute atomic E-state index is 0.148. The first-order valence-electron chi connectivity index (χ1n) is 12.0. The Morgan fingerprint density at radius 3 is 2.26 bits per heavy atom. The van der Waals surface area contributed by atoms with Crippen LogP contribution in [0.1, 0.15) is 70.4 Å². The van der Waals surface area contributed by atoms with Crippen LogP contribution in [0.15, 0.2) is 59.7 Å². The Hall–Kier alpha value is -2.87. The zero-order valence-corrected chi connectivity index (χ0v) is 20.4. The number of benzene rings is 2. The van der Waals surface area contributed by atoms with Gasteiger partial charge in [0.15, 0.2) is 6.61 Å². The van der Waals surface area contributed by atoms with Crippen molar-refractivity contribution < 1.29 is 27.8 Å². The van der Waals surface area contributed by atoms with Gasteiger partial charge in [0.25, 0.3) is 11.6 Å². The van der Waals surface area contributed by atoms with Gasteiger partial charge in [0.2, 0.25) is 0 Å². The van der Waals surface area contributed by atoms with Gasteiger partial charge in [-0.25, -0.2) is 0 Å². The monoisotopic (exact) mass is 490 g/mol. The first-order chi connectivity index (χ1) is 16.5. The molecule has 8 heteroatoms. The molecule has 0 fully saturated rings. The molecule has 0 saturated heterocycles. The summed E-state index contributed by atoms with van der Waals surface area (Å²) in [5.41, 5.74) is -1.30. The SMILES string of the molecule is CCCCCCC1=NN(C(=O)COc2ccc(C(C)(C)c3ccccc3)cc2)[C@](O)(C(F)(F)F)C1. The van der Waals surface area contributed by atoms with E-state index in [1.807, 2.05) is 49.4 Å². The molecule has 5 nitrogen and oxygen atoms in total. The summed E-state index contributed by atoms with van der Waals surface area (Å²) < 4.78 is 46.5. The predicted octanol–water partition coefficient (Wildman–Crippen LogP) is 6.20. The number of ether oxygens (including phenoxy) is 1. The second kappa shape index (κ2) is 10.8. The lowest BCUT2D eigenvalue weighted by atomic mass is 9.78. The van der Waals surface area contributed by atoms with Crippen molar-refractivity contribution in [3.05, 3.63) is 65.7 Å². The van der Waals surface area contributed by atoms with Crippen molar-refractivity contribution in [2.24, 2.45) is 5.10 Å². The number of rotatable bonds is 10. The molecule has 1 amide bonds. The minimum atomic E-state index is -5.04. The highest BCUT2D eigenvalue weighted by Gasteiger charge is 2.63. The van der Waals surface area contributed by atoms with E-state index >= 15 is 0 Å². The number of aliphatic hydroxyl groups is 1. The number of carbonyl (C=O) groups is 1. The normalized spacial score (nSPS) is 18.5. The number of hydrazone groups is 1. The lowest BCUT2D eigenvalue weighted by Crippen LogP contribution is -2.57. The first-order valence-corrected chi connectivity index (χ1v) is 12.0. The van der Waals surface area contributed by atoms with Gasteiger partial charge >= 0.3 is 6.18 Å². The molecule has 35 heavy (non-hydrogen) atoms. The molecule has 3 rings (SSSR count). The van der Waals surface area contributed by atoms with Crippen molar-refractivity contribution in [2.45, 2.75) is 76.6 Å². The predicted molar refractivity (Wildman–Crippen MR) is 129 cm³/mol. The number of nitrogens with zero attached hydrogens (tertiary/aromatic N) is 2. The standard InChI is InChI=1S/C27H33F3N2O3/c1-4-5-6-10-13-22-18-26(34,27(28,29)30)32(31-22)24(33)19-35-23-16-14-21(15-17-23)25(2,3)20-11-8-7-9-12-20/h7-9,11-12,14-17,34H,4-6,10,13,18-19H2,1-3H3/t26-/m1/s1. The molecule has 1 atom stereocenters. The highest BCUT2D eigenvalue weighted by atomic mass is 19.4. The van der Waals surface area contributed by atoms with Gasteiger partial charge in [-0.2, -0.15) is 23.3 Å². The van der Waals surface area contributed by atoms with Crippen LogP contribution in [0.5, 0.6) is 5.75 Å². The van der Waals surface area contributed by atoms with Gasteiger partial charge < -0.3 is 9.84 Å². The van der Waals surface area contributed by atoms with E-state index in [2.05, 4.69) is 18.9 Å². The van der Waals surface area contributed by atoms with Crippen LogP contribution in [0, 0.1) is 0 Å². The molecule has 0 bridgehead atoms. The van der Waals surface area contributed by atoms with E-state index in [1.165, 1.54) is 0 Å². The van der Waals surface area contributed by atoms with Crippen LogP contribution < -0.4 is 4.74 Å². The molecule has 0 unspecified atom stereocenters. The molecule has 0 radical (unpaired) electrons. The number of alkyl halides is 3. The zero-order chi connectivity index (χ0) is 25.7. The Bertz CT molecular complexity index is 1020. The summed E-state index contributed by atoms with van der Waals surface area (Å²) in [4.78, 5) is 12.6. The number of hydrogen-bond acceptors (Lipinski definition) is 4. The maximum absolute atomic E-state index is 13.7. The van der Waals surface area contributed by atoms with Crippen LogP contribution in [0.25, 0.3) is 0 Å². The van der Waals surface area contributed by atoms with Crippen molar-refractivity contribution in [3.8, 4) is 5.75 Å². The fourth-order valence-corrected chi connectivity index (χ4v) is 4.19. The zero-order valence-electron chi connectivity index (χ0n) is 20.4. The minimum Gasteiger partial charge on any atom is -0.484 e. The highest BCUT2D eigenvalue weighted by Crippen LogP contribution is 2.41. The van der Waals surface area contributed by atoms with Gasteiger partial charge in [-0.3, -0.25) is 4.79 Å². The van der Waals surface area contributed by atoms with Gasteiger partial charge in [-0.15, -0.1) is 0 Å². The summed E-state index contributed by atoms with van der Waals surface area (Å²) >= 11 is 0. The molecule has 1 N–H and O–H groups in total. The molecule has 0 aliphatic carbocycles. The summed E-state index contributed by atoms with van der Waals surface area (Å²) in [7, 11) is 0. The van der Waals surface area contributed by atoms with E-state index in [9.17, 15) is 23.1 Å². The van der Waals surface area contributed by atoms with Crippen molar-refractivity contribution in [1.29, 1.82) is 0 Å². The topological polar surface area (TPSA) is 62.1 Å². The van der Waals surface area contributed by atoms with Crippen LogP contribution in [0.3, 0.4) is 0 Å². The van der Waals surface area contributed by atoms with Gasteiger partial charge in [-0.1, -0.05) is 82.5 Å². The van der Waals surface area contributed by atoms with Crippen molar-refractivity contribution in [1.82, 2.24) is 5.01 Å². The molecule has 0 aromatic heterocycles. The quantitative estimate of drug-likeness (QED) is 0.403. The second-order valence-corrected chi connectivity index (χ2v) is 9.48. The third-order valence-electron chi connectivity index (χ3n) is 6.49. The molecular weight excluding hydrogens is 457 g/mol. The third-order valence-corrected chi connectivity index (χ3v) is 6.49. The molecule has 0 spiro atoms. The average molecular weight is 491 g/mol. The van der Waals surface area contributed by atoms with E-state index in [1.54, 1.807) is 12.1 Å². The summed E-state index contributed by atoms with van der Waals surface area (Å²) in [5, 5.41) is 14.4. The molecule has 2 aromatic rings. The van der Waals surface area contributed by atoms with Gasteiger partial charge in [0.05, 0.1) is 0 Å². The third kappa shape index (κ3) is 6.04. The molecular formula is C27H33F3N2O3. The lowest BCUT2D eigenvalue weighted by Gasteiger charge is -2.32. The number of carbonyl (C=O) groups excluding carboxylic acids is 1. The second-order valence-electron chi connectivity index (χ2n) is 9.48. The maximum atomic E-state index is 13.7. The van der Waals surface area contributed by atoms with Crippen LogP contribution in [0.4, 0.5) is 13.2 Å². The molecule has 0 saturated carbocycles. The molecule has 2 aromatic carbocycles. The summed E-state index contributed by atoms with van der Waals surface area (Å²) in [6, 6.07) is 17.1. The average Bonchev–Trinajstić information content (AvgIpc) is 3.19. The van der Waals surface area contributed by atoms with Crippen molar-refractivity contribution in [3.63, 3.8) is 0 Å². The number of halogens is 3. The highest BCUT2D eigenvalue weighted by molar-refractivity contribution is 5.91. The van der Waals surface area contributed by atoms with Crippen LogP contribution in [0.2, 0.25) is 0 Å². The Morgan fingerprint density at radius 1 is 1.03 bits per heavy atom. The van der Waals surface area contributed by atoms with E-state index < -0.39 is 30.8 Å². The lowest BCUT2D eigenvalue weighted by molar-refractivity contribution is -0.302. The summed E-state index contributed by atoms with van der Waals surface area (Å²) in [6.07, 6.45) is -2.00. The summed E-state index contributed by atoms with van der Waals surface area (Å²) in [6.45, 7) is 5.54. The Morgan fingerprint density at radius 2 is 1.66 bits per heavy atom. The Kier molecular flexibility index (Phi) is 8.26. The fourth-order valence-electron chi connectivity index (χ4n) is 4.19. The Balaban J connectivity index is 1.67. The van der Waals surface area contributed by atoms with E-state index in [4.69, 9.17) is 4.74 Å². The van der Waals surface area contributed by atoms with Gasteiger partial charge in [-0.05, 0) is 36.1 Å². The van der Waals surface area contributed by atoms with Crippen molar-refractivity contribution >= 4 is 11.6 Å². The molecule has 1 aliphatic heterocycles. The van der Waals surface area contributed by atoms with Crippen LogP contribution in [-0.2, 0) is 10.2 Å². The number of unbranched alkanes of at least 4 members (excludes halogenated alkanes) is 3. The van der Waals surface area contributed by atoms with E-state index in [0.717, 1.165) is 30.4 Å².